The highest BCUT2D eigenvalue weighted by molar-refractivity contribution is 9.10. The van der Waals surface area contributed by atoms with Crippen LogP contribution in [-0.2, 0) is 0 Å². The van der Waals surface area contributed by atoms with Crippen LogP contribution in [-0.4, -0.2) is 10.8 Å². The summed E-state index contributed by atoms with van der Waals surface area (Å²) >= 11 is 4.63. The van der Waals surface area contributed by atoms with Gasteiger partial charge < -0.3 is 4.42 Å². The number of para-hydroxylation sites is 2. The van der Waals surface area contributed by atoms with E-state index < -0.39 is 0 Å². The number of halogens is 1. The van der Waals surface area contributed by atoms with Gasteiger partial charge in [-0.2, -0.15) is 0 Å². The number of aromatic nitrogens is 1. The molecule has 3 aromatic rings. The van der Waals surface area contributed by atoms with Gasteiger partial charge in [-0.3, -0.25) is 4.79 Å². The minimum atomic E-state index is -0.0556. The number of hydrogen-bond acceptors (Lipinski definition) is 4. The van der Waals surface area contributed by atoms with E-state index in [1.54, 1.807) is 17.5 Å². The van der Waals surface area contributed by atoms with Crippen molar-refractivity contribution in [2.75, 3.05) is 0 Å². The second-order valence-corrected chi connectivity index (χ2v) is 6.02. The molecule has 3 nitrogen and oxygen atoms in total. The van der Waals surface area contributed by atoms with Crippen LogP contribution in [0.4, 0.5) is 0 Å². The van der Waals surface area contributed by atoms with Crippen molar-refractivity contribution in [2.24, 2.45) is 0 Å². The van der Waals surface area contributed by atoms with E-state index in [4.69, 9.17) is 4.42 Å². The van der Waals surface area contributed by atoms with E-state index >= 15 is 0 Å². The molecule has 5 heteroatoms. The quantitative estimate of drug-likeness (QED) is 0.370. The minimum Gasteiger partial charge on any atom is -0.431 e. The fourth-order valence-electron chi connectivity index (χ4n) is 1.79. The van der Waals surface area contributed by atoms with E-state index in [0.29, 0.717) is 10.8 Å². The maximum atomic E-state index is 12.0. The Kier molecular flexibility index (Phi) is 4.22. The van der Waals surface area contributed by atoms with E-state index in [9.17, 15) is 4.79 Å². The Balaban J connectivity index is 1.70. The predicted molar refractivity (Wildman–Crippen MR) is 87.5 cm³/mol. The minimum absolute atomic E-state index is 0.0556. The summed E-state index contributed by atoms with van der Waals surface area (Å²) < 4.78 is 6.44. The highest BCUT2D eigenvalue weighted by Gasteiger charge is 2.05. The van der Waals surface area contributed by atoms with Crippen molar-refractivity contribution in [3.8, 4) is 0 Å². The number of carbonyl (C=O) groups is 1. The Bertz CT molecular complexity index is 793. The first-order valence-corrected chi connectivity index (χ1v) is 7.88. The van der Waals surface area contributed by atoms with Crippen LogP contribution >= 0.6 is 27.7 Å². The molecule has 0 aliphatic heterocycles. The van der Waals surface area contributed by atoms with E-state index in [0.717, 1.165) is 15.6 Å². The van der Waals surface area contributed by atoms with Crippen LogP contribution in [0.2, 0.25) is 0 Å². The van der Waals surface area contributed by atoms with Crippen LogP contribution in [0.1, 0.15) is 10.4 Å². The number of benzene rings is 2. The van der Waals surface area contributed by atoms with Crippen molar-refractivity contribution in [1.29, 1.82) is 0 Å². The number of hydrogen-bond donors (Lipinski definition) is 0. The second kappa shape index (κ2) is 6.28. The average molecular weight is 360 g/mol. The molecule has 3 rings (SSSR count). The smallest absolute Gasteiger partial charge is 0.261 e. The molecule has 0 spiro atoms. The van der Waals surface area contributed by atoms with Crippen molar-refractivity contribution in [2.45, 2.75) is 5.22 Å². The first-order valence-electron chi connectivity index (χ1n) is 6.21. The number of oxazole rings is 1. The molecule has 1 heterocycles. The molecular formula is C16H10BrNO2S. The Morgan fingerprint density at radius 2 is 2.05 bits per heavy atom. The highest BCUT2D eigenvalue weighted by atomic mass is 79.9. The van der Waals surface area contributed by atoms with Crippen LogP contribution in [0.15, 0.2) is 74.1 Å². The van der Waals surface area contributed by atoms with Crippen LogP contribution < -0.4 is 0 Å². The maximum absolute atomic E-state index is 12.0. The Hall–Kier alpha value is -1.85. The largest absolute Gasteiger partial charge is 0.431 e. The Morgan fingerprint density at radius 3 is 2.86 bits per heavy atom. The molecule has 104 valence electrons. The summed E-state index contributed by atoms with van der Waals surface area (Å²) in [4.78, 5) is 16.3. The zero-order valence-corrected chi connectivity index (χ0v) is 13.2. The van der Waals surface area contributed by atoms with Crippen LogP contribution in [0.25, 0.3) is 11.1 Å². The first kappa shape index (κ1) is 14.1. The number of rotatable bonds is 4. The Morgan fingerprint density at radius 1 is 1.19 bits per heavy atom. The van der Waals surface area contributed by atoms with Gasteiger partial charge in [0.1, 0.15) is 5.52 Å². The SMILES string of the molecule is O=C(C=CSc1nc2ccccc2o1)c1cccc(Br)c1. The molecule has 0 amide bonds. The zero-order chi connectivity index (χ0) is 14.7. The van der Waals surface area contributed by atoms with Gasteiger partial charge in [-0.05, 0) is 47.5 Å². The van der Waals surface area contributed by atoms with E-state index in [1.165, 1.54) is 17.8 Å². The number of fused-ring (bicyclic) bond motifs is 1. The topological polar surface area (TPSA) is 43.1 Å². The summed E-state index contributed by atoms with van der Waals surface area (Å²) in [6, 6.07) is 14.8. The van der Waals surface area contributed by atoms with Gasteiger partial charge in [-0.15, -0.1) is 0 Å². The maximum Gasteiger partial charge on any atom is 0.261 e. The van der Waals surface area contributed by atoms with Crippen molar-refractivity contribution in [1.82, 2.24) is 4.98 Å². The van der Waals surface area contributed by atoms with Gasteiger partial charge in [0.2, 0.25) is 0 Å². The van der Waals surface area contributed by atoms with E-state index in [2.05, 4.69) is 20.9 Å². The van der Waals surface area contributed by atoms with E-state index in [1.807, 2.05) is 36.4 Å². The molecule has 21 heavy (non-hydrogen) atoms. The van der Waals surface area contributed by atoms with Crippen molar-refractivity contribution < 1.29 is 9.21 Å². The normalized spacial score (nSPS) is 11.3. The molecular weight excluding hydrogens is 350 g/mol. The summed E-state index contributed by atoms with van der Waals surface area (Å²) in [6.45, 7) is 0. The second-order valence-electron chi connectivity index (χ2n) is 4.24. The molecule has 0 radical (unpaired) electrons. The lowest BCUT2D eigenvalue weighted by Crippen LogP contribution is -1.92. The van der Waals surface area contributed by atoms with Gasteiger partial charge in [-0.1, -0.05) is 40.2 Å². The lowest BCUT2D eigenvalue weighted by Gasteiger charge is -1.95. The van der Waals surface area contributed by atoms with Crippen molar-refractivity contribution >= 4 is 44.6 Å². The van der Waals surface area contributed by atoms with Gasteiger partial charge in [0.05, 0.1) is 0 Å². The average Bonchev–Trinajstić information content (AvgIpc) is 2.89. The number of nitrogens with zero attached hydrogens (tertiary/aromatic N) is 1. The molecule has 0 atom stereocenters. The van der Waals surface area contributed by atoms with Gasteiger partial charge in [0, 0.05) is 10.0 Å². The van der Waals surface area contributed by atoms with Crippen LogP contribution in [0.5, 0.6) is 0 Å². The fourth-order valence-corrected chi connectivity index (χ4v) is 2.79. The van der Waals surface area contributed by atoms with Crippen molar-refractivity contribution in [3.05, 3.63) is 70.1 Å². The fraction of sp³-hybridized carbons (Fsp3) is 0. The Labute approximate surface area is 134 Å². The summed E-state index contributed by atoms with van der Waals surface area (Å²) in [6.07, 6.45) is 1.52. The molecule has 0 N–H and O–H groups in total. The molecule has 0 saturated heterocycles. The number of ketones is 1. The molecule has 0 bridgehead atoms. The van der Waals surface area contributed by atoms with Gasteiger partial charge in [0.15, 0.2) is 11.4 Å². The van der Waals surface area contributed by atoms with Gasteiger partial charge in [0.25, 0.3) is 5.22 Å². The predicted octanol–water partition coefficient (Wildman–Crippen LogP) is 5.08. The third-order valence-electron chi connectivity index (χ3n) is 2.77. The summed E-state index contributed by atoms with van der Waals surface area (Å²) in [5.74, 6) is -0.0556. The van der Waals surface area contributed by atoms with Crippen LogP contribution in [0, 0.1) is 0 Å². The van der Waals surface area contributed by atoms with Crippen LogP contribution in [0.3, 0.4) is 0 Å². The standard InChI is InChI=1S/C16H10BrNO2S/c17-12-5-3-4-11(10-12)14(19)8-9-21-16-18-13-6-1-2-7-15(13)20-16/h1-10H. The molecule has 0 aliphatic rings. The van der Waals surface area contributed by atoms with Crippen molar-refractivity contribution in [3.63, 3.8) is 0 Å². The first-order chi connectivity index (χ1) is 10.2. The number of thioether (sulfide) groups is 1. The summed E-state index contributed by atoms with van der Waals surface area (Å²) in [7, 11) is 0. The van der Waals surface area contributed by atoms with E-state index in [-0.39, 0.29) is 5.78 Å². The lowest BCUT2D eigenvalue weighted by atomic mass is 10.1. The molecule has 0 unspecified atom stereocenters. The number of allylic oxidation sites excluding steroid dienone is 1. The number of carbonyl (C=O) groups excluding carboxylic acids is 1. The lowest BCUT2D eigenvalue weighted by molar-refractivity contribution is 0.104. The molecule has 0 fully saturated rings. The molecule has 1 aromatic heterocycles. The molecule has 0 saturated carbocycles. The highest BCUT2D eigenvalue weighted by Crippen LogP contribution is 2.24. The monoisotopic (exact) mass is 359 g/mol. The van der Waals surface area contributed by atoms with Gasteiger partial charge >= 0.3 is 0 Å². The third-order valence-corrected chi connectivity index (χ3v) is 3.91. The molecule has 0 aliphatic carbocycles. The summed E-state index contributed by atoms with van der Waals surface area (Å²) in [5, 5.41) is 2.21. The summed E-state index contributed by atoms with van der Waals surface area (Å²) in [5.41, 5.74) is 2.19. The van der Waals surface area contributed by atoms with Gasteiger partial charge in [-0.25, -0.2) is 4.98 Å². The third kappa shape index (κ3) is 3.43. The zero-order valence-electron chi connectivity index (χ0n) is 10.8. The molecule has 2 aromatic carbocycles.